The molecule has 0 bridgehead atoms. The van der Waals surface area contributed by atoms with Gasteiger partial charge < -0.3 is 32.7 Å². The molecule has 3 amide bonds. The number of carboxylic acids is 1. The number of nitrogen functional groups attached to an aromatic ring is 1. The summed E-state index contributed by atoms with van der Waals surface area (Å²) >= 11 is 0. The van der Waals surface area contributed by atoms with Crippen molar-refractivity contribution < 1.29 is 24.6 Å². The molecule has 0 spiro atoms. The van der Waals surface area contributed by atoms with Crippen LogP contribution in [0.25, 0.3) is 0 Å². The lowest BCUT2D eigenvalue weighted by Gasteiger charge is -2.15. The molecule has 0 heterocycles. The number of benzene rings is 1. The number of amides is 3. The number of anilines is 1. The summed E-state index contributed by atoms with van der Waals surface area (Å²) in [5.41, 5.74) is 17.7. The summed E-state index contributed by atoms with van der Waals surface area (Å²) in [5, 5.41) is 17.8. The van der Waals surface area contributed by atoms with Gasteiger partial charge in [-0.15, -0.1) is 0 Å². The number of hydrogen-bond acceptors (Lipinski definition) is 4. The zero-order valence-electron chi connectivity index (χ0n) is 14.2. The van der Waals surface area contributed by atoms with Crippen LogP contribution in [0.1, 0.15) is 25.0 Å². The van der Waals surface area contributed by atoms with Gasteiger partial charge in [-0.1, -0.05) is 19.9 Å². The van der Waals surface area contributed by atoms with E-state index in [1.165, 1.54) is 11.1 Å². The number of primary amides is 2. The molecule has 1 atom stereocenters. The molecular formula is C15H26N4O5. The Kier molecular flexibility index (Phi) is 11.2. The predicted octanol–water partition coefficient (Wildman–Crippen LogP) is 1.27. The largest absolute Gasteiger partial charge is 0.480 e. The molecule has 1 aromatic carbocycles. The van der Waals surface area contributed by atoms with Gasteiger partial charge in [0.2, 0.25) is 0 Å². The van der Waals surface area contributed by atoms with Gasteiger partial charge in [-0.3, -0.25) is 0 Å². The van der Waals surface area contributed by atoms with Gasteiger partial charge in [0, 0.05) is 5.69 Å². The zero-order chi connectivity index (χ0) is 19.4. The Balaban J connectivity index is 0. The summed E-state index contributed by atoms with van der Waals surface area (Å²) in [6, 6.07) is 4.33. The molecule has 0 radical (unpaired) electrons. The molecule has 9 N–H and O–H groups in total. The molecule has 0 aromatic heterocycles. The van der Waals surface area contributed by atoms with Crippen LogP contribution in [0.2, 0.25) is 0 Å². The smallest absolute Gasteiger partial charge is 0.402 e. The Bertz CT molecular complexity index is 506. The summed E-state index contributed by atoms with van der Waals surface area (Å²) in [5.74, 6) is -1.24. The van der Waals surface area contributed by atoms with Crippen molar-refractivity contribution in [2.75, 3.05) is 5.73 Å². The average molecular weight is 342 g/mol. The van der Waals surface area contributed by atoms with E-state index in [4.69, 9.17) is 26.5 Å². The first kappa shape index (κ1) is 23.3. The van der Waals surface area contributed by atoms with Gasteiger partial charge in [0.05, 0.1) is 0 Å². The van der Waals surface area contributed by atoms with E-state index >= 15 is 0 Å². The quantitative estimate of drug-likeness (QED) is 0.449. The highest BCUT2D eigenvalue weighted by molar-refractivity contribution is 5.81. The van der Waals surface area contributed by atoms with Crippen molar-refractivity contribution in [3.05, 3.63) is 29.3 Å². The van der Waals surface area contributed by atoms with E-state index in [1.54, 1.807) is 13.8 Å². The van der Waals surface area contributed by atoms with Crippen molar-refractivity contribution >= 4 is 23.8 Å². The normalized spacial score (nSPS) is 10.4. The molecule has 0 fully saturated rings. The van der Waals surface area contributed by atoms with Gasteiger partial charge in [-0.05, 0) is 43.0 Å². The molecule has 1 rings (SSSR count). The van der Waals surface area contributed by atoms with Crippen LogP contribution >= 0.6 is 0 Å². The fourth-order valence-corrected chi connectivity index (χ4v) is 1.68. The molecule has 1 aromatic rings. The number of rotatable bonds is 3. The van der Waals surface area contributed by atoms with E-state index < -0.39 is 24.1 Å². The number of carbonyl (C=O) groups excluding carboxylic acids is 1. The maximum Gasteiger partial charge on any atom is 0.402 e. The first-order chi connectivity index (χ1) is 10.9. The van der Waals surface area contributed by atoms with Crippen molar-refractivity contribution in [1.29, 1.82) is 0 Å². The summed E-state index contributed by atoms with van der Waals surface area (Å²) in [6.07, 6.45) is -1.33. The summed E-state index contributed by atoms with van der Waals surface area (Å²) in [6.45, 7) is 7.47. The van der Waals surface area contributed by atoms with Crippen molar-refractivity contribution in [2.45, 2.75) is 33.7 Å². The SMILES string of the molecule is CC(C)[C@H](NC(N)=O)C(=O)O.Cc1cc(C)cc(N)c1.NC(=O)O. The molecule has 0 saturated carbocycles. The number of urea groups is 1. The number of hydrogen-bond donors (Lipinski definition) is 6. The minimum Gasteiger partial charge on any atom is -0.480 e. The second kappa shape index (κ2) is 11.6. The van der Waals surface area contributed by atoms with Gasteiger partial charge in [-0.2, -0.15) is 0 Å². The molecule has 0 aliphatic rings. The fourth-order valence-electron chi connectivity index (χ4n) is 1.68. The molecule has 0 aliphatic carbocycles. The Morgan fingerprint density at radius 2 is 1.38 bits per heavy atom. The lowest BCUT2D eigenvalue weighted by molar-refractivity contribution is -0.140. The minimum absolute atomic E-state index is 0.167. The maximum absolute atomic E-state index is 10.4. The lowest BCUT2D eigenvalue weighted by atomic mass is 10.1. The number of nitrogens with two attached hydrogens (primary N) is 3. The number of carbonyl (C=O) groups is 3. The second-order valence-electron chi connectivity index (χ2n) is 5.33. The Morgan fingerprint density at radius 1 is 1.00 bits per heavy atom. The van der Waals surface area contributed by atoms with Gasteiger partial charge >= 0.3 is 18.1 Å². The highest BCUT2D eigenvalue weighted by Crippen LogP contribution is 2.08. The number of carboxylic acid groups (broad SMARTS) is 2. The Hall–Kier alpha value is -2.97. The summed E-state index contributed by atoms with van der Waals surface area (Å²) in [4.78, 5) is 29.5. The van der Waals surface area contributed by atoms with E-state index in [9.17, 15) is 9.59 Å². The summed E-state index contributed by atoms with van der Waals surface area (Å²) in [7, 11) is 0. The van der Waals surface area contributed by atoms with Crippen LogP contribution in [-0.2, 0) is 4.79 Å². The minimum atomic E-state index is -1.33. The van der Waals surface area contributed by atoms with Crippen molar-refractivity contribution in [1.82, 2.24) is 5.32 Å². The van der Waals surface area contributed by atoms with E-state index in [0.717, 1.165) is 5.69 Å². The molecule has 9 nitrogen and oxygen atoms in total. The van der Waals surface area contributed by atoms with Gasteiger partial charge in [-0.25, -0.2) is 14.4 Å². The standard InChI is InChI=1S/C8H11N.C6H12N2O3.CH3NO2/c1-6-3-7(2)5-8(9)4-6;1-3(2)4(5(9)10)8-6(7)11;2-1(3)4/h3-5H,9H2,1-2H3;3-4H,1-2H3,(H,9,10)(H3,7,8,11);2H2,(H,3,4)/t;4-;/m.0./s1. The third-order valence-electron chi connectivity index (χ3n) is 2.47. The van der Waals surface area contributed by atoms with Crippen molar-refractivity contribution in [3.8, 4) is 0 Å². The van der Waals surface area contributed by atoms with E-state index in [2.05, 4.69) is 17.1 Å². The Labute approximate surface area is 140 Å². The molecular weight excluding hydrogens is 316 g/mol. The topological polar surface area (TPSA) is 182 Å². The molecule has 9 heteroatoms. The van der Waals surface area contributed by atoms with E-state index in [0.29, 0.717) is 0 Å². The average Bonchev–Trinajstić information content (AvgIpc) is 2.33. The van der Waals surface area contributed by atoms with Crippen LogP contribution < -0.4 is 22.5 Å². The number of nitrogens with one attached hydrogen (secondary N) is 1. The van der Waals surface area contributed by atoms with Gasteiger partial charge in [0.1, 0.15) is 6.04 Å². The lowest BCUT2D eigenvalue weighted by Crippen LogP contribution is -2.46. The van der Waals surface area contributed by atoms with Crippen LogP contribution in [0.3, 0.4) is 0 Å². The van der Waals surface area contributed by atoms with Crippen molar-refractivity contribution in [3.63, 3.8) is 0 Å². The molecule has 0 saturated heterocycles. The molecule has 24 heavy (non-hydrogen) atoms. The predicted molar refractivity (Wildman–Crippen MR) is 91.5 cm³/mol. The maximum atomic E-state index is 10.4. The third kappa shape index (κ3) is 14.0. The fraction of sp³-hybridized carbons (Fsp3) is 0.400. The zero-order valence-corrected chi connectivity index (χ0v) is 14.2. The summed E-state index contributed by atoms with van der Waals surface area (Å²) < 4.78 is 0. The highest BCUT2D eigenvalue weighted by atomic mass is 16.4. The van der Waals surface area contributed by atoms with Crippen LogP contribution in [0, 0.1) is 19.8 Å². The van der Waals surface area contributed by atoms with Crippen LogP contribution in [0.15, 0.2) is 18.2 Å². The van der Waals surface area contributed by atoms with Crippen LogP contribution in [0.4, 0.5) is 15.3 Å². The molecule has 0 unspecified atom stereocenters. The van der Waals surface area contributed by atoms with Crippen LogP contribution in [0.5, 0.6) is 0 Å². The van der Waals surface area contributed by atoms with E-state index in [1.807, 2.05) is 26.0 Å². The first-order valence-corrected chi connectivity index (χ1v) is 6.97. The molecule has 0 aliphatic heterocycles. The highest BCUT2D eigenvalue weighted by Gasteiger charge is 2.21. The van der Waals surface area contributed by atoms with Crippen LogP contribution in [-0.4, -0.2) is 34.3 Å². The van der Waals surface area contributed by atoms with Gasteiger partial charge in [0.25, 0.3) is 0 Å². The number of aryl methyl sites for hydroxylation is 2. The van der Waals surface area contributed by atoms with Gasteiger partial charge in [0.15, 0.2) is 0 Å². The Morgan fingerprint density at radius 3 is 1.54 bits per heavy atom. The third-order valence-corrected chi connectivity index (χ3v) is 2.47. The molecule has 136 valence electrons. The van der Waals surface area contributed by atoms with Crippen molar-refractivity contribution in [2.24, 2.45) is 17.4 Å². The monoisotopic (exact) mass is 342 g/mol. The van der Waals surface area contributed by atoms with E-state index in [-0.39, 0.29) is 5.92 Å². The second-order valence-corrected chi connectivity index (χ2v) is 5.33. The first-order valence-electron chi connectivity index (χ1n) is 6.97. The number of aliphatic carboxylic acids is 1.